The molecule has 22 heavy (non-hydrogen) atoms. The van der Waals surface area contributed by atoms with Crippen molar-refractivity contribution < 1.29 is 8.42 Å². The van der Waals surface area contributed by atoms with Crippen molar-refractivity contribution in [1.82, 2.24) is 0 Å². The molecule has 0 radical (unpaired) electrons. The maximum atomic E-state index is 12.4. The van der Waals surface area contributed by atoms with Crippen molar-refractivity contribution >= 4 is 58.9 Å². The van der Waals surface area contributed by atoms with E-state index in [0.717, 1.165) is 14.6 Å². The molecule has 0 amide bonds. The van der Waals surface area contributed by atoms with E-state index in [1.807, 2.05) is 19.0 Å². The van der Waals surface area contributed by atoms with Crippen LogP contribution in [0.15, 0.2) is 50.2 Å². The Balaban J connectivity index is 2.36. The Hall–Kier alpha value is -1.25. The molecule has 0 aliphatic carbocycles. The number of nitrogen functional groups attached to an aromatic ring is 1. The standard InChI is InChI=1S/C14H15Br2N3O2S/c1-19(2)14-12(15)7-10(8-13(14)16)18-22(20,21)11-5-3-9(17)4-6-11/h3-8,18H,17H2,1-2H3. The van der Waals surface area contributed by atoms with Crippen molar-refractivity contribution in [3.63, 3.8) is 0 Å². The van der Waals surface area contributed by atoms with Gasteiger partial charge >= 0.3 is 0 Å². The van der Waals surface area contributed by atoms with Crippen LogP contribution in [0.5, 0.6) is 0 Å². The second-order valence-electron chi connectivity index (χ2n) is 4.86. The molecular weight excluding hydrogens is 434 g/mol. The molecule has 2 aromatic carbocycles. The summed E-state index contributed by atoms with van der Waals surface area (Å²) in [5, 5.41) is 0. The average molecular weight is 449 g/mol. The predicted molar refractivity (Wildman–Crippen MR) is 97.8 cm³/mol. The fourth-order valence-corrected chi connectivity index (χ4v) is 4.85. The number of hydrogen-bond acceptors (Lipinski definition) is 4. The van der Waals surface area contributed by atoms with Crippen LogP contribution in [0.2, 0.25) is 0 Å². The first-order chi connectivity index (χ1) is 10.2. The van der Waals surface area contributed by atoms with Gasteiger partial charge in [0.2, 0.25) is 0 Å². The molecule has 0 spiro atoms. The van der Waals surface area contributed by atoms with Gasteiger partial charge in [-0.25, -0.2) is 8.42 Å². The number of nitrogens with zero attached hydrogens (tertiary/aromatic N) is 1. The third-order valence-electron chi connectivity index (χ3n) is 2.91. The molecular formula is C14H15Br2N3O2S. The summed E-state index contributed by atoms with van der Waals surface area (Å²) in [4.78, 5) is 2.08. The molecule has 8 heteroatoms. The van der Waals surface area contributed by atoms with E-state index < -0.39 is 10.0 Å². The molecule has 0 heterocycles. The maximum Gasteiger partial charge on any atom is 0.261 e. The Bertz CT molecular complexity index is 767. The lowest BCUT2D eigenvalue weighted by atomic mass is 10.3. The zero-order valence-electron chi connectivity index (χ0n) is 12.0. The number of sulfonamides is 1. The van der Waals surface area contributed by atoms with Crippen molar-refractivity contribution in [3.05, 3.63) is 45.3 Å². The van der Waals surface area contributed by atoms with Crippen molar-refractivity contribution in [2.45, 2.75) is 4.90 Å². The van der Waals surface area contributed by atoms with Gasteiger partial charge in [0.1, 0.15) is 0 Å². The van der Waals surface area contributed by atoms with Gasteiger partial charge in [0.05, 0.1) is 16.3 Å². The van der Waals surface area contributed by atoms with Crippen LogP contribution in [0.1, 0.15) is 0 Å². The molecule has 0 aliphatic heterocycles. The normalized spacial score (nSPS) is 11.3. The minimum atomic E-state index is -3.66. The maximum absolute atomic E-state index is 12.4. The molecule has 0 atom stereocenters. The fraction of sp³-hybridized carbons (Fsp3) is 0.143. The van der Waals surface area contributed by atoms with E-state index in [0.29, 0.717) is 11.4 Å². The quantitative estimate of drug-likeness (QED) is 0.699. The Kier molecular flexibility index (Phi) is 5.03. The lowest BCUT2D eigenvalue weighted by Crippen LogP contribution is -2.14. The van der Waals surface area contributed by atoms with Gasteiger partial charge in [-0.3, -0.25) is 4.72 Å². The molecule has 3 N–H and O–H groups in total. The largest absolute Gasteiger partial charge is 0.399 e. The van der Waals surface area contributed by atoms with Gasteiger partial charge in [-0.1, -0.05) is 0 Å². The second kappa shape index (κ2) is 6.47. The van der Waals surface area contributed by atoms with E-state index in [2.05, 4.69) is 36.6 Å². The van der Waals surface area contributed by atoms with Crippen LogP contribution in [0, 0.1) is 0 Å². The predicted octanol–water partition coefficient (Wildman–Crippen LogP) is 3.66. The lowest BCUT2D eigenvalue weighted by Gasteiger charge is -2.18. The van der Waals surface area contributed by atoms with Crippen LogP contribution in [0.4, 0.5) is 17.1 Å². The first kappa shape index (κ1) is 17.1. The molecule has 0 unspecified atom stereocenters. The summed E-state index contributed by atoms with van der Waals surface area (Å²) in [5.74, 6) is 0. The van der Waals surface area contributed by atoms with E-state index in [4.69, 9.17) is 5.73 Å². The van der Waals surface area contributed by atoms with E-state index in [1.165, 1.54) is 12.1 Å². The summed E-state index contributed by atoms with van der Waals surface area (Å²) in [6, 6.07) is 9.47. The molecule has 2 rings (SSSR count). The van der Waals surface area contributed by atoms with Gasteiger partial charge in [-0.05, 0) is 68.3 Å². The molecule has 0 bridgehead atoms. The first-order valence-electron chi connectivity index (χ1n) is 6.25. The van der Waals surface area contributed by atoms with E-state index in [1.54, 1.807) is 24.3 Å². The summed E-state index contributed by atoms with van der Waals surface area (Å²) in [5.41, 5.74) is 7.47. The first-order valence-corrected chi connectivity index (χ1v) is 9.32. The highest BCUT2D eigenvalue weighted by Gasteiger charge is 2.16. The van der Waals surface area contributed by atoms with Crippen LogP contribution in [-0.4, -0.2) is 22.5 Å². The molecule has 0 fully saturated rings. The fourth-order valence-electron chi connectivity index (χ4n) is 1.91. The van der Waals surface area contributed by atoms with Crippen LogP contribution < -0.4 is 15.4 Å². The number of hydrogen-bond donors (Lipinski definition) is 2. The SMILES string of the molecule is CN(C)c1c(Br)cc(NS(=O)(=O)c2ccc(N)cc2)cc1Br. The molecule has 2 aromatic rings. The Labute approximate surface area is 146 Å². The van der Waals surface area contributed by atoms with Gasteiger partial charge < -0.3 is 10.6 Å². The van der Waals surface area contributed by atoms with Crippen molar-refractivity contribution in [3.8, 4) is 0 Å². The number of halogens is 2. The number of benzene rings is 2. The Morgan fingerprint density at radius 3 is 2.00 bits per heavy atom. The zero-order valence-corrected chi connectivity index (χ0v) is 16.0. The molecule has 5 nitrogen and oxygen atoms in total. The molecule has 0 saturated carbocycles. The summed E-state index contributed by atoms with van der Waals surface area (Å²) < 4.78 is 28.8. The van der Waals surface area contributed by atoms with Gasteiger partial charge in [-0.2, -0.15) is 0 Å². The summed E-state index contributed by atoms with van der Waals surface area (Å²) in [6.07, 6.45) is 0. The third-order valence-corrected chi connectivity index (χ3v) is 5.51. The van der Waals surface area contributed by atoms with E-state index in [-0.39, 0.29) is 4.90 Å². The van der Waals surface area contributed by atoms with Crippen LogP contribution in [-0.2, 0) is 10.0 Å². The highest BCUT2D eigenvalue weighted by molar-refractivity contribution is 9.11. The number of nitrogens with one attached hydrogen (secondary N) is 1. The van der Waals surface area contributed by atoms with Gasteiger partial charge in [-0.15, -0.1) is 0 Å². The number of rotatable bonds is 4. The van der Waals surface area contributed by atoms with Crippen molar-refractivity contribution in [2.24, 2.45) is 0 Å². The number of anilines is 3. The smallest absolute Gasteiger partial charge is 0.261 e. The summed E-state index contributed by atoms with van der Waals surface area (Å²) in [7, 11) is 0.154. The van der Waals surface area contributed by atoms with Crippen LogP contribution >= 0.6 is 31.9 Å². The molecule has 118 valence electrons. The molecule has 0 saturated heterocycles. The summed E-state index contributed by atoms with van der Waals surface area (Å²) in [6.45, 7) is 0. The lowest BCUT2D eigenvalue weighted by molar-refractivity contribution is 0.601. The Morgan fingerprint density at radius 1 is 1.05 bits per heavy atom. The van der Waals surface area contributed by atoms with E-state index in [9.17, 15) is 8.42 Å². The van der Waals surface area contributed by atoms with Gasteiger partial charge in [0.15, 0.2) is 0 Å². The van der Waals surface area contributed by atoms with Crippen molar-refractivity contribution in [1.29, 1.82) is 0 Å². The topological polar surface area (TPSA) is 75.4 Å². The molecule has 0 aromatic heterocycles. The number of nitrogens with two attached hydrogens (primary N) is 1. The second-order valence-corrected chi connectivity index (χ2v) is 8.25. The third kappa shape index (κ3) is 3.74. The highest BCUT2D eigenvalue weighted by Crippen LogP contribution is 2.36. The Morgan fingerprint density at radius 2 is 1.55 bits per heavy atom. The van der Waals surface area contributed by atoms with Gasteiger partial charge in [0.25, 0.3) is 10.0 Å². The average Bonchev–Trinajstić information content (AvgIpc) is 2.37. The van der Waals surface area contributed by atoms with Crippen LogP contribution in [0.25, 0.3) is 0 Å². The van der Waals surface area contributed by atoms with Gasteiger partial charge in [0, 0.05) is 28.7 Å². The van der Waals surface area contributed by atoms with Crippen molar-refractivity contribution in [2.75, 3.05) is 29.5 Å². The molecule has 0 aliphatic rings. The monoisotopic (exact) mass is 447 g/mol. The minimum Gasteiger partial charge on any atom is -0.399 e. The highest BCUT2D eigenvalue weighted by atomic mass is 79.9. The minimum absolute atomic E-state index is 0.158. The van der Waals surface area contributed by atoms with E-state index >= 15 is 0 Å². The summed E-state index contributed by atoms with van der Waals surface area (Å²) >= 11 is 6.90. The zero-order chi connectivity index (χ0) is 16.5. The van der Waals surface area contributed by atoms with Crippen LogP contribution in [0.3, 0.4) is 0 Å².